The predicted molar refractivity (Wildman–Crippen MR) is 114 cm³/mol. The van der Waals surface area contributed by atoms with Crippen LogP contribution in [0.5, 0.6) is 0 Å². The average molecular weight is 400 g/mol. The molecule has 1 atom stereocenters. The SMILES string of the molecule is C=C(C)CN(CC)C(=O)CSc1ncc(-c2ccccc2)n1CC1CCCO1. The first-order chi connectivity index (χ1) is 13.6. The zero-order chi connectivity index (χ0) is 19.9. The molecule has 6 heteroatoms. The molecular weight excluding hydrogens is 370 g/mol. The number of amides is 1. The summed E-state index contributed by atoms with van der Waals surface area (Å²) in [7, 11) is 0. The molecule has 3 rings (SSSR count). The molecule has 5 nitrogen and oxygen atoms in total. The zero-order valence-electron chi connectivity index (χ0n) is 16.8. The van der Waals surface area contributed by atoms with E-state index in [4.69, 9.17) is 4.74 Å². The van der Waals surface area contributed by atoms with Crippen molar-refractivity contribution in [3.8, 4) is 11.3 Å². The van der Waals surface area contributed by atoms with E-state index in [0.717, 1.165) is 48.0 Å². The summed E-state index contributed by atoms with van der Waals surface area (Å²) >= 11 is 1.50. The van der Waals surface area contributed by atoms with E-state index in [2.05, 4.69) is 28.3 Å². The van der Waals surface area contributed by atoms with Gasteiger partial charge in [-0.2, -0.15) is 0 Å². The van der Waals surface area contributed by atoms with Crippen LogP contribution in [0.1, 0.15) is 26.7 Å². The molecule has 1 aromatic carbocycles. The highest BCUT2D eigenvalue weighted by Crippen LogP contribution is 2.28. The molecule has 1 unspecified atom stereocenters. The third kappa shape index (κ3) is 5.26. The molecule has 0 bridgehead atoms. The van der Waals surface area contributed by atoms with Gasteiger partial charge in [0, 0.05) is 19.7 Å². The summed E-state index contributed by atoms with van der Waals surface area (Å²) < 4.78 is 8.06. The maximum atomic E-state index is 12.6. The largest absolute Gasteiger partial charge is 0.376 e. The van der Waals surface area contributed by atoms with Crippen LogP contribution in [0.3, 0.4) is 0 Å². The van der Waals surface area contributed by atoms with Gasteiger partial charge < -0.3 is 14.2 Å². The van der Waals surface area contributed by atoms with E-state index in [1.165, 1.54) is 11.8 Å². The lowest BCUT2D eigenvalue weighted by atomic mass is 10.1. The molecule has 150 valence electrons. The lowest BCUT2D eigenvalue weighted by molar-refractivity contribution is -0.127. The van der Waals surface area contributed by atoms with Crippen molar-refractivity contribution in [3.05, 3.63) is 48.7 Å². The fourth-order valence-corrected chi connectivity index (χ4v) is 4.29. The average Bonchev–Trinajstić information content (AvgIpc) is 3.35. The standard InChI is InChI=1S/C22H29N3O2S/c1-4-24(14-17(2)3)21(26)16-28-22-23-13-20(18-9-6-5-7-10-18)25(22)15-19-11-8-12-27-19/h5-7,9-10,13,19H,2,4,8,11-12,14-16H2,1,3H3. The number of aromatic nitrogens is 2. The number of rotatable bonds is 9. The van der Waals surface area contributed by atoms with Crippen LogP contribution in [0.25, 0.3) is 11.3 Å². The Morgan fingerprint density at radius 1 is 1.39 bits per heavy atom. The summed E-state index contributed by atoms with van der Waals surface area (Å²) in [6, 6.07) is 10.3. The zero-order valence-corrected chi connectivity index (χ0v) is 17.6. The van der Waals surface area contributed by atoms with E-state index in [0.29, 0.717) is 18.8 Å². The molecule has 1 fully saturated rings. The van der Waals surface area contributed by atoms with E-state index in [1.807, 2.05) is 43.1 Å². The van der Waals surface area contributed by atoms with Gasteiger partial charge in [0.1, 0.15) is 0 Å². The summed E-state index contributed by atoms with van der Waals surface area (Å²) in [5.74, 6) is 0.487. The molecule has 0 saturated carbocycles. The molecule has 0 spiro atoms. The number of ether oxygens (including phenoxy) is 1. The van der Waals surface area contributed by atoms with E-state index < -0.39 is 0 Å². The number of benzene rings is 1. The van der Waals surface area contributed by atoms with Gasteiger partial charge in [-0.25, -0.2) is 4.98 Å². The summed E-state index contributed by atoms with van der Waals surface area (Å²) in [5.41, 5.74) is 3.19. The minimum atomic E-state index is 0.114. The summed E-state index contributed by atoms with van der Waals surface area (Å²) in [5, 5.41) is 0.870. The van der Waals surface area contributed by atoms with Crippen LogP contribution < -0.4 is 0 Å². The van der Waals surface area contributed by atoms with Crippen molar-refractivity contribution in [1.82, 2.24) is 14.5 Å². The number of hydrogen-bond donors (Lipinski definition) is 0. The third-order valence-corrected chi connectivity index (χ3v) is 5.79. The van der Waals surface area contributed by atoms with Crippen LogP contribution in [0, 0.1) is 0 Å². The van der Waals surface area contributed by atoms with E-state index in [-0.39, 0.29) is 12.0 Å². The first-order valence-corrected chi connectivity index (χ1v) is 10.8. The Morgan fingerprint density at radius 2 is 2.18 bits per heavy atom. The molecule has 1 aromatic heterocycles. The molecule has 2 aromatic rings. The number of hydrogen-bond acceptors (Lipinski definition) is 4. The van der Waals surface area contributed by atoms with E-state index in [1.54, 1.807) is 0 Å². The molecular formula is C22H29N3O2S. The van der Waals surface area contributed by atoms with Gasteiger partial charge in [0.15, 0.2) is 5.16 Å². The van der Waals surface area contributed by atoms with Crippen LogP contribution >= 0.6 is 11.8 Å². The van der Waals surface area contributed by atoms with E-state index >= 15 is 0 Å². The van der Waals surface area contributed by atoms with Crippen molar-refractivity contribution in [3.63, 3.8) is 0 Å². The second-order valence-electron chi connectivity index (χ2n) is 7.19. The van der Waals surface area contributed by atoms with Crippen LogP contribution in [0.15, 0.2) is 53.8 Å². The van der Waals surface area contributed by atoms with Gasteiger partial charge in [-0.3, -0.25) is 4.79 Å². The highest BCUT2D eigenvalue weighted by Gasteiger charge is 2.21. The molecule has 0 aliphatic carbocycles. The Hall–Kier alpha value is -2.05. The molecule has 1 amide bonds. The summed E-state index contributed by atoms with van der Waals surface area (Å²) in [6.07, 6.45) is 4.29. The maximum Gasteiger partial charge on any atom is 0.233 e. The van der Waals surface area contributed by atoms with Crippen molar-refractivity contribution in [1.29, 1.82) is 0 Å². The van der Waals surface area contributed by atoms with Crippen molar-refractivity contribution in [2.45, 2.75) is 44.5 Å². The Bertz CT molecular complexity index is 797. The van der Waals surface area contributed by atoms with Gasteiger partial charge in [-0.05, 0) is 32.3 Å². The highest BCUT2D eigenvalue weighted by molar-refractivity contribution is 7.99. The number of nitrogens with zero attached hydrogens (tertiary/aromatic N) is 3. The Balaban J connectivity index is 1.77. The lowest BCUT2D eigenvalue weighted by Crippen LogP contribution is -2.33. The minimum Gasteiger partial charge on any atom is -0.376 e. The van der Waals surface area contributed by atoms with Crippen LogP contribution in [-0.4, -0.2) is 51.9 Å². The first-order valence-electron chi connectivity index (χ1n) is 9.86. The van der Waals surface area contributed by atoms with Crippen LogP contribution in [-0.2, 0) is 16.1 Å². The fourth-order valence-electron chi connectivity index (χ4n) is 3.40. The molecule has 0 N–H and O–H groups in total. The highest BCUT2D eigenvalue weighted by atomic mass is 32.2. The Labute approximate surface area is 171 Å². The second-order valence-corrected chi connectivity index (χ2v) is 8.13. The molecule has 1 aliphatic rings. The van der Waals surface area contributed by atoms with Gasteiger partial charge in [0.05, 0.1) is 30.3 Å². The number of imidazole rings is 1. The normalized spacial score (nSPS) is 16.3. The van der Waals surface area contributed by atoms with E-state index in [9.17, 15) is 4.79 Å². The van der Waals surface area contributed by atoms with Gasteiger partial charge in [-0.1, -0.05) is 54.2 Å². The fraction of sp³-hybridized carbons (Fsp3) is 0.455. The van der Waals surface area contributed by atoms with Crippen molar-refractivity contribution < 1.29 is 9.53 Å². The van der Waals surface area contributed by atoms with Gasteiger partial charge in [0.25, 0.3) is 0 Å². The molecule has 1 aliphatic heterocycles. The Kier molecular flexibility index (Phi) is 7.34. The predicted octanol–water partition coefficient (Wildman–Crippen LogP) is 4.25. The van der Waals surface area contributed by atoms with Crippen molar-refractivity contribution in [2.75, 3.05) is 25.4 Å². The summed E-state index contributed by atoms with van der Waals surface area (Å²) in [6.45, 7) is 10.8. The first kappa shape index (κ1) is 20.7. The molecule has 1 saturated heterocycles. The number of carbonyl (C=O) groups excluding carboxylic acids is 1. The van der Waals surface area contributed by atoms with Crippen molar-refractivity contribution >= 4 is 17.7 Å². The molecule has 0 radical (unpaired) electrons. The molecule has 2 heterocycles. The Morgan fingerprint density at radius 3 is 2.82 bits per heavy atom. The third-order valence-electron chi connectivity index (χ3n) is 4.82. The molecule has 28 heavy (non-hydrogen) atoms. The summed E-state index contributed by atoms with van der Waals surface area (Å²) in [4.78, 5) is 19.1. The maximum absolute atomic E-state index is 12.6. The number of thioether (sulfide) groups is 1. The smallest absolute Gasteiger partial charge is 0.233 e. The topological polar surface area (TPSA) is 47.4 Å². The van der Waals surface area contributed by atoms with Gasteiger partial charge in [0.2, 0.25) is 5.91 Å². The van der Waals surface area contributed by atoms with Crippen LogP contribution in [0.4, 0.5) is 0 Å². The lowest BCUT2D eigenvalue weighted by Gasteiger charge is -2.21. The van der Waals surface area contributed by atoms with Gasteiger partial charge >= 0.3 is 0 Å². The van der Waals surface area contributed by atoms with Crippen LogP contribution in [0.2, 0.25) is 0 Å². The quantitative estimate of drug-likeness (QED) is 0.467. The van der Waals surface area contributed by atoms with Crippen molar-refractivity contribution in [2.24, 2.45) is 0 Å². The monoisotopic (exact) mass is 399 g/mol. The minimum absolute atomic E-state index is 0.114. The van der Waals surface area contributed by atoms with Gasteiger partial charge in [-0.15, -0.1) is 0 Å². The number of carbonyl (C=O) groups is 1. The second kappa shape index (κ2) is 9.94. The number of likely N-dealkylation sites (N-methyl/N-ethyl adjacent to an activating group) is 1.